The zero-order chi connectivity index (χ0) is 9.19. The smallest absolute Gasteiger partial charge is 0.0852 e. The molecule has 0 aromatic carbocycles. The molecule has 0 unspecified atom stereocenters. The zero-order valence-electron chi connectivity index (χ0n) is 8.68. The lowest BCUT2D eigenvalue weighted by Gasteiger charge is -2.44. The zero-order valence-corrected chi connectivity index (χ0v) is 8.68. The van der Waals surface area contributed by atoms with E-state index in [0.717, 1.165) is 19.7 Å². The molecule has 12 heavy (non-hydrogen) atoms. The quantitative estimate of drug-likeness (QED) is 0.682. The van der Waals surface area contributed by atoms with Gasteiger partial charge in [0.25, 0.3) is 0 Å². The summed E-state index contributed by atoms with van der Waals surface area (Å²) in [6.07, 6.45) is 0. The second kappa shape index (κ2) is 3.75. The van der Waals surface area contributed by atoms with Gasteiger partial charge >= 0.3 is 0 Å². The third-order valence-electron chi connectivity index (χ3n) is 3.01. The Morgan fingerprint density at radius 3 is 2.00 bits per heavy atom. The van der Waals surface area contributed by atoms with Crippen molar-refractivity contribution in [2.75, 3.05) is 19.7 Å². The van der Waals surface area contributed by atoms with Gasteiger partial charge in [-0.2, -0.15) is 0 Å². The molecule has 0 aliphatic carbocycles. The molecule has 0 saturated carbocycles. The maximum Gasteiger partial charge on any atom is 0.0852 e. The summed E-state index contributed by atoms with van der Waals surface area (Å²) in [4.78, 5) is 0. The van der Waals surface area contributed by atoms with Crippen LogP contribution in [0, 0.1) is 11.8 Å². The fourth-order valence-corrected chi connectivity index (χ4v) is 2.06. The molecule has 1 heterocycles. The summed E-state index contributed by atoms with van der Waals surface area (Å²) in [5.41, 5.74) is 0.0677. The van der Waals surface area contributed by atoms with Gasteiger partial charge in [-0.3, -0.25) is 0 Å². The molecule has 0 atom stereocenters. The normalized spacial score (nSPS) is 23.5. The van der Waals surface area contributed by atoms with Crippen LogP contribution >= 0.6 is 0 Å². The van der Waals surface area contributed by atoms with Crippen molar-refractivity contribution < 1.29 is 4.74 Å². The monoisotopic (exact) mass is 171 g/mol. The molecule has 72 valence electrons. The highest BCUT2D eigenvalue weighted by Gasteiger charge is 2.39. The highest BCUT2D eigenvalue weighted by Crippen LogP contribution is 2.31. The molecule has 0 aromatic heterocycles. The predicted molar refractivity (Wildman–Crippen MR) is 51.2 cm³/mol. The Morgan fingerprint density at radius 1 is 1.17 bits per heavy atom. The second-order valence-corrected chi connectivity index (χ2v) is 4.29. The Kier molecular flexibility index (Phi) is 3.13. The summed E-state index contributed by atoms with van der Waals surface area (Å²) in [7, 11) is 0. The Labute approximate surface area is 75.7 Å². The van der Waals surface area contributed by atoms with E-state index < -0.39 is 0 Å². The highest BCUT2D eigenvalue weighted by molar-refractivity contribution is 4.91. The first-order chi connectivity index (χ1) is 5.59. The van der Waals surface area contributed by atoms with Gasteiger partial charge in [-0.15, -0.1) is 0 Å². The van der Waals surface area contributed by atoms with Gasteiger partial charge in [-0.1, -0.05) is 27.7 Å². The Balaban J connectivity index is 2.70. The van der Waals surface area contributed by atoms with E-state index in [2.05, 4.69) is 33.0 Å². The van der Waals surface area contributed by atoms with Gasteiger partial charge in [0.05, 0.1) is 12.2 Å². The molecular formula is C10H21NO. The fourth-order valence-electron chi connectivity index (χ4n) is 2.06. The minimum absolute atomic E-state index is 0.0677. The average Bonchev–Trinajstić information content (AvgIpc) is 2.05. The molecule has 1 rings (SSSR count). The molecule has 1 aliphatic rings. The molecule has 2 heteroatoms. The predicted octanol–water partition coefficient (Wildman–Crippen LogP) is 1.66. The van der Waals surface area contributed by atoms with E-state index in [1.807, 2.05) is 0 Å². The molecule has 1 fully saturated rings. The largest absolute Gasteiger partial charge is 0.372 e. The molecule has 1 aliphatic heterocycles. The lowest BCUT2D eigenvalue weighted by atomic mass is 9.79. The summed E-state index contributed by atoms with van der Waals surface area (Å²) in [5, 5.41) is 3.41. The molecule has 1 N–H and O–H groups in total. The van der Waals surface area contributed by atoms with E-state index in [1.54, 1.807) is 0 Å². The minimum Gasteiger partial charge on any atom is -0.372 e. The van der Waals surface area contributed by atoms with Crippen molar-refractivity contribution in [3.8, 4) is 0 Å². The van der Waals surface area contributed by atoms with Crippen LogP contribution in [0.2, 0.25) is 0 Å². The maximum atomic E-state index is 5.93. The van der Waals surface area contributed by atoms with Crippen LogP contribution in [0.25, 0.3) is 0 Å². The van der Waals surface area contributed by atoms with Crippen molar-refractivity contribution in [1.82, 2.24) is 5.32 Å². The fraction of sp³-hybridized carbons (Fsp3) is 1.00. The van der Waals surface area contributed by atoms with Gasteiger partial charge in [0.2, 0.25) is 0 Å². The lowest BCUT2D eigenvalue weighted by molar-refractivity contribution is -0.125. The maximum absolute atomic E-state index is 5.93. The molecule has 0 bridgehead atoms. The van der Waals surface area contributed by atoms with Crippen molar-refractivity contribution >= 4 is 0 Å². The molecular weight excluding hydrogens is 150 g/mol. The molecule has 2 nitrogen and oxygen atoms in total. The first kappa shape index (κ1) is 10.0. The van der Waals surface area contributed by atoms with Gasteiger partial charge in [-0.05, 0) is 11.8 Å². The van der Waals surface area contributed by atoms with E-state index >= 15 is 0 Å². The molecule has 0 radical (unpaired) electrons. The van der Waals surface area contributed by atoms with E-state index in [4.69, 9.17) is 4.74 Å². The van der Waals surface area contributed by atoms with Crippen molar-refractivity contribution in [3.63, 3.8) is 0 Å². The molecule has 0 amide bonds. The first-order valence-electron chi connectivity index (χ1n) is 4.94. The Morgan fingerprint density at radius 2 is 1.75 bits per heavy atom. The molecule has 0 spiro atoms. The Hall–Kier alpha value is -0.0800. The summed E-state index contributed by atoms with van der Waals surface area (Å²) >= 11 is 0. The number of ether oxygens (including phenoxy) is 1. The van der Waals surface area contributed by atoms with E-state index in [-0.39, 0.29) is 5.60 Å². The van der Waals surface area contributed by atoms with Crippen molar-refractivity contribution in [2.45, 2.75) is 33.3 Å². The molecule has 1 saturated heterocycles. The van der Waals surface area contributed by atoms with Crippen LogP contribution in [-0.4, -0.2) is 25.3 Å². The van der Waals surface area contributed by atoms with Crippen molar-refractivity contribution in [3.05, 3.63) is 0 Å². The number of morpholine rings is 1. The first-order valence-corrected chi connectivity index (χ1v) is 4.94. The van der Waals surface area contributed by atoms with Crippen molar-refractivity contribution in [2.24, 2.45) is 11.8 Å². The summed E-state index contributed by atoms with van der Waals surface area (Å²) in [6.45, 7) is 11.8. The standard InChI is InChI=1S/C10H21NO/c1-8(2)10(9(3)4)7-11-5-6-12-10/h8-9,11H,5-7H2,1-4H3. The summed E-state index contributed by atoms with van der Waals surface area (Å²) in [6, 6.07) is 0. The van der Waals surface area contributed by atoms with Crippen LogP contribution in [0.3, 0.4) is 0 Å². The van der Waals surface area contributed by atoms with E-state index in [0.29, 0.717) is 11.8 Å². The topological polar surface area (TPSA) is 21.3 Å². The van der Waals surface area contributed by atoms with Gasteiger partial charge in [-0.25, -0.2) is 0 Å². The molecule has 0 aromatic rings. The Bertz CT molecular complexity index is 127. The third kappa shape index (κ3) is 1.64. The average molecular weight is 171 g/mol. The van der Waals surface area contributed by atoms with Crippen LogP contribution in [-0.2, 0) is 4.74 Å². The second-order valence-electron chi connectivity index (χ2n) is 4.29. The van der Waals surface area contributed by atoms with E-state index in [1.165, 1.54) is 0 Å². The number of hydrogen-bond acceptors (Lipinski definition) is 2. The van der Waals surface area contributed by atoms with Crippen LogP contribution in [0.15, 0.2) is 0 Å². The number of hydrogen-bond donors (Lipinski definition) is 1. The van der Waals surface area contributed by atoms with Gasteiger partial charge in [0.15, 0.2) is 0 Å². The van der Waals surface area contributed by atoms with Crippen molar-refractivity contribution in [1.29, 1.82) is 0 Å². The lowest BCUT2D eigenvalue weighted by Crippen LogP contribution is -2.56. The summed E-state index contributed by atoms with van der Waals surface area (Å²) in [5.74, 6) is 1.18. The summed E-state index contributed by atoms with van der Waals surface area (Å²) < 4.78 is 5.93. The highest BCUT2D eigenvalue weighted by atomic mass is 16.5. The van der Waals surface area contributed by atoms with E-state index in [9.17, 15) is 0 Å². The van der Waals surface area contributed by atoms with Crippen LogP contribution in [0.5, 0.6) is 0 Å². The van der Waals surface area contributed by atoms with Crippen LogP contribution in [0.4, 0.5) is 0 Å². The van der Waals surface area contributed by atoms with Gasteiger partial charge < -0.3 is 10.1 Å². The van der Waals surface area contributed by atoms with Gasteiger partial charge in [0.1, 0.15) is 0 Å². The van der Waals surface area contributed by atoms with Crippen LogP contribution in [0.1, 0.15) is 27.7 Å². The SMILES string of the molecule is CC(C)C1(C(C)C)CNCCO1. The number of nitrogens with one attached hydrogen (secondary N) is 1. The van der Waals surface area contributed by atoms with Crippen LogP contribution < -0.4 is 5.32 Å². The minimum atomic E-state index is 0.0677. The third-order valence-corrected chi connectivity index (χ3v) is 3.01. The van der Waals surface area contributed by atoms with Gasteiger partial charge in [0, 0.05) is 13.1 Å². The number of rotatable bonds is 2.